The average Bonchev–Trinajstić information content (AvgIpc) is 3.31. The molecule has 0 unspecified atom stereocenters. The van der Waals surface area contributed by atoms with Crippen LogP contribution in [0.5, 0.6) is 5.75 Å². The van der Waals surface area contributed by atoms with Gasteiger partial charge >= 0.3 is 0 Å². The lowest BCUT2D eigenvalue weighted by Crippen LogP contribution is -2.25. The maximum Gasteiger partial charge on any atom is 0.149 e. The van der Waals surface area contributed by atoms with Crippen LogP contribution in [0.15, 0.2) is 54.9 Å². The van der Waals surface area contributed by atoms with Crippen molar-refractivity contribution in [3.63, 3.8) is 0 Å². The van der Waals surface area contributed by atoms with Crippen LogP contribution in [0.2, 0.25) is 0 Å². The summed E-state index contributed by atoms with van der Waals surface area (Å²) in [5.41, 5.74) is 3.59. The van der Waals surface area contributed by atoms with Crippen molar-refractivity contribution in [1.82, 2.24) is 19.7 Å². The molecule has 0 radical (unpaired) electrons. The highest BCUT2D eigenvalue weighted by atomic mass is 16.5. The minimum atomic E-state index is 0.320. The molecule has 1 aliphatic heterocycles. The fraction of sp³-hybridized carbons (Fsp3) is 0.333. The average molecular weight is 348 g/mol. The van der Waals surface area contributed by atoms with E-state index in [-0.39, 0.29) is 0 Å². The van der Waals surface area contributed by atoms with Crippen molar-refractivity contribution in [1.29, 1.82) is 0 Å². The monoisotopic (exact) mass is 348 g/mol. The Hall–Kier alpha value is -2.66. The largest absolute Gasteiger partial charge is 0.496 e. The number of nitrogens with zero attached hydrogens (tertiary/aromatic N) is 4. The lowest BCUT2D eigenvalue weighted by Gasteiger charge is -2.24. The van der Waals surface area contributed by atoms with Gasteiger partial charge in [-0.25, -0.2) is 0 Å². The first-order valence-electron chi connectivity index (χ1n) is 9.06. The molecule has 1 aliphatic rings. The molecule has 1 fully saturated rings. The molecule has 0 amide bonds. The Labute approximate surface area is 154 Å². The third kappa shape index (κ3) is 3.22. The van der Waals surface area contributed by atoms with E-state index in [2.05, 4.69) is 57.6 Å². The van der Waals surface area contributed by atoms with Gasteiger partial charge in [0.15, 0.2) is 0 Å². The third-order valence-corrected chi connectivity index (χ3v) is 5.18. The maximum atomic E-state index is 5.71. The number of methoxy groups -OCH3 is 1. The predicted octanol–water partition coefficient (Wildman–Crippen LogP) is 3.83. The molecule has 0 saturated carbocycles. The van der Waals surface area contributed by atoms with Gasteiger partial charge < -0.3 is 9.30 Å². The molecule has 5 nitrogen and oxygen atoms in total. The van der Waals surface area contributed by atoms with Crippen LogP contribution < -0.4 is 4.74 Å². The Morgan fingerprint density at radius 3 is 2.69 bits per heavy atom. The summed E-state index contributed by atoms with van der Waals surface area (Å²) in [7, 11) is 3.76. The molecule has 4 rings (SSSR count). The highest BCUT2D eigenvalue weighted by Crippen LogP contribution is 2.34. The Morgan fingerprint density at radius 1 is 1.12 bits per heavy atom. The third-order valence-electron chi connectivity index (χ3n) is 5.18. The van der Waals surface area contributed by atoms with Crippen LogP contribution >= 0.6 is 0 Å². The van der Waals surface area contributed by atoms with Crippen LogP contribution in [-0.2, 0) is 13.6 Å². The molecule has 134 valence electrons. The van der Waals surface area contributed by atoms with Crippen molar-refractivity contribution in [3.8, 4) is 16.9 Å². The smallest absolute Gasteiger partial charge is 0.149 e. The summed E-state index contributed by atoms with van der Waals surface area (Å²) in [5.74, 6) is 1.98. The van der Waals surface area contributed by atoms with Crippen molar-refractivity contribution in [2.24, 2.45) is 7.05 Å². The minimum absolute atomic E-state index is 0.320. The molecule has 2 heterocycles. The van der Waals surface area contributed by atoms with Gasteiger partial charge in [0.05, 0.1) is 13.2 Å². The molecular formula is C21H24N4O. The molecule has 0 bridgehead atoms. The van der Waals surface area contributed by atoms with E-state index in [4.69, 9.17) is 4.74 Å². The van der Waals surface area contributed by atoms with Crippen LogP contribution in [0.4, 0.5) is 0 Å². The Balaban J connectivity index is 1.59. The second-order valence-corrected chi connectivity index (χ2v) is 6.82. The van der Waals surface area contributed by atoms with Gasteiger partial charge in [-0.05, 0) is 36.6 Å². The number of aromatic nitrogens is 3. The lowest BCUT2D eigenvalue weighted by molar-refractivity contribution is 0.232. The second kappa shape index (κ2) is 7.30. The Kier molecular flexibility index (Phi) is 4.71. The molecule has 26 heavy (non-hydrogen) atoms. The summed E-state index contributed by atoms with van der Waals surface area (Å²) in [6, 6.07) is 17.2. The van der Waals surface area contributed by atoms with Gasteiger partial charge in [0, 0.05) is 19.2 Å². The lowest BCUT2D eigenvalue weighted by atomic mass is 10.0. The molecular weight excluding hydrogens is 324 g/mol. The second-order valence-electron chi connectivity index (χ2n) is 6.82. The van der Waals surface area contributed by atoms with E-state index in [1.54, 1.807) is 13.4 Å². The highest BCUT2D eigenvalue weighted by Gasteiger charge is 2.29. The van der Waals surface area contributed by atoms with E-state index in [1.165, 1.54) is 23.1 Å². The van der Waals surface area contributed by atoms with Crippen LogP contribution in [0.25, 0.3) is 11.1 Å². The van der Waals surface area contributed by atoms with E-state index >= 15 is 0 Å². The van der Waals surface area contributed by atoms with E-state index in [0.717, 1.165) is 31.1 Å². The summed E-state index contributed by atoms with van der Waals surface area (Å²) >= 11 is 0. The zero-order valence-corrected chi connectivity index (χ0v) is 15.3. The molecule has 3 aromatic rings. The standard InChI is InChI=1S/C21H24N4O/c1-24-15-22-23-21(24)19-9-6-12-25(19)14-18-11-10-17(13-20(18)26-2)16-7-4-3-5-8-16/h3-5,7-8,10-11,13,15,19H,6,9,12,14H2,1-2H3/t19-/m0/s1. The summed E-state index contributed by atoms with van der Waals surface area (Å²) in [5, 5.41) is 8.37. The molecule has 1 aromatic heterocycles. The summed E-state index contributed by atoms with van der Waals surface area (Å²) in [6.45, 7) is 1.93. The van der Waals surface area contributed by atoms with E-state index < -0.39 is 0 Å². The van der Waals surface area contributed by atoms with Gasteiger partial charge in [-0.3, -0.25) is 4.90 Å². The van der Waals surface area contributed by atoms with Crippen molar-refractivity contribution < 1.29 is 4.74 Å². The predicted molar refractivity (Wildman–Crippen MR) is 102 cm³/mol. The van der Waals surface area contributed by atoms with E-state index in [0.29, 0.717) is 6.04 Å². The van der Waals surface area contributed by atoms with Gasteiger partial charge in [-0.1, -0.05) is 42.5 Å². The topological polar surface area (TPSA) is 43.2 Å². The molecule has 0 N–H and O–H groups in total. The van der Waals surface area contributed by atoms with Gasteiger partial charge in [0.1, 0.15) is 17.9 Å². The molecule has 2 aromatic carbocycles. The molecule has 1 saturated heterocycles. The van der Waals surface area contributed by atoms with Crippen LogP contribution in [-0.4, -0.2) is 33.3 Å². The number of likely N-dealkylation sites (tertiary alicyclic amines) is 1. The number of aryl methyl sites for hydroxylation is 1. The fourth-order valence-electron chi connectivity index (χ4n) is 3.81. The van der Waals surface area contributed by atoms with Crippen molar-refractivity contribution in [2.75, 3.05) is 13.7 Å². The SMILES string of the molecule is COc1cc(-c2ccccc2)ccc1CN1CCC[C@H]1c1nncn1C. The minimum Gasteiger partial charge on any atom is -0.496 e. The molecule has 0 aliphatic carbocycles. The van der Waals surface area contributed by atoms with Gasteiger partial charge in [0.25, 0.3) is 0 Å². The normalized spacial score (nSPS) is 17.5. The maximum absolute atomic E-state index is 5.71. The molecule has 5 heteroatoms. The van der Waals surface area contributed by atoms with E-state index in [9.17, 15) is 0 Å². The molecule has 1 atom stereocenters. The number of ether oxygens (including phenoxy) is 1. The van der Waals surface area contributed by atoms with Crippen LogP contribution in [0.3, 0.4) is 0 Å². The zero-order chi connectivity index (χ0) is 17.9. The molecule has 0 spiro atoms. The number of rotatable bonds is 5. The first kappa shape index (κ1) is 16.8. The van der Waals surface area contributed by atoms with Crippen LogP contribution in [0, 0.1) is 0 Å². The fourth-order valence-corrected chi connectivity index (χ4v) is 3.81. The van der Waals surface area contributed by atoms with E-state index in [1.807, 2.05) is 17.7 Å². The van der Waals surface area contributed by atoms with Gasteiger partial charge in [-0.2, -0.15) is 0 Å². The summed E-state index contributed by atoms with van der Waals surface area (Å²) in [6.07, 6.45) is 4.08. The number of benzene rings is 2. The first-order valence-corrected chi connectivity index (χ1v) is 9.06. The Bertz CT molecular complexity index is 875. The number of hydrogen-bond donors (Lipinski definition) is 0. The van der Waals surface area contributed by atoms with Crippen molar-refractivity contribution in [2.45, 2.75) is 25.4 Å². The zero-order valence-electron chi connectivity index (χ0n) is 15.3. The number of hydrogen-bond acceptors (Lipinski definition) is 4. The summed E-state index contributed by atoms with van der Waals surface area (Å²) < 4.78 is 7.73. The first-order chi connectivity index (χ1) is 12.8. The van der Waals surface area contributed by atoms with Crippen molar-refractivity contribution in [3.05, 3.63) is 66.2 Å². The highest BCUT2D eigenvalue weighted by molar-refractivity contribution is 5.66. The van der Waals surface area contributed by atoms with Crippen LogP contribution in [0.1, 0.15) is 30.3 Å². The summed E-state index contributed by atoms with van der Waals surface area (Å²) in [4.78, 5) is 2.48. The Morgan fingerprint density at radius 2 is 1.96 bits per heavy atom. The van der Waals surface area contributed by atoms with Gasteiger partial charge in [-0.15, -0.1) is 10.2 Å². The van der Waals surface area contributed by atoms with Crippen molar-refractivity contribution >= 4 is 0 Å². The quantitative estimate of drug-likeness (QED) is 0.703. The van der Waals surface area contributed by atoms with Gasteiger partial charge in [0.2, 0.25) is 0 Å².